The third-order valence-electron chi connectivity index (χ3n) is 4.49. The zero-order chi connectivity index (χ0) is 17.5. The number of ether oxygens (including phenoxy) is 1. The zero-order valence-electron chi connectivity index (χ0n) is 13.5. The lowest BCUT2D eigenvalue weighted by Gasteiger charge is -2.05. The molecule has 2 aromatic carbocycles. The Labute approximate surface area is 147 Å². The molecule has 0 bridgehead atoms. The van der Waals surface area contributed by atoms with Crippen molar-refractivity contribution in [3.8, 4) is 5.75 Å². The van der Waals surface area contributed by atoms with Crippen LogP contribution in [0.1, 0.15) is 17.0 Å². The minimum absolute atomic E-state index is 0.209. The summed E-state index contributed by atoms with van der Waals surface area (Å²) >= 11 is 5.11. The summed E-state index contributed by atoms with van der Waals surface area (Å²) in [5, 5.41) is -0.605. The highest BCUT2D eigenvalue weighted by Gasteiger charge is 2.60. The van der Waals surface area contributed by atoms with Crippen molar-refractivity contribution in [2.75, 3.05) is 7.11 Å². The van der Waals surface area contributed by atoms with Crippen LogP contribution in [-0.2, 0) is 9.84 Å². The Morgan fingerprint density at radius 3 is 2.17 bits per heavy atom. The Morgan fingerprint density at radius 2 is 1.67 bits per heavy atom. The highest BCUT2D eigenvalue weighted by Crippen LogP contribution is 2.54. The maximum absolute atomic E-state index is 13.0. The summed E-state index contributed by atoms with van der Waals surface area (Å²) in [6.45, 7) is 1.92. The maximum atomic E-state index is 13.0. The number of benzene rings is 2. The number of nitrogens with two attached hydrogens (primary N) is 1. The van der Waals surface area contributed by atoms with Crippen LogP contribution in [0.5, 0.6) is 5.75 Å². The van der Waals surface area contributed by atoms with Gasteiger partial charge in [0.15, 0.2) is 9.84 Å². The Kier molecular flexibility index (Phi) is 4.36. The molecule has 0 aliphatic heterocycles. The van der Waals surface area contributed by atoms with Gasteiger partial charge in [-0.25, -0.2) is 8.42 Å². The first-order chi connectivity index (χ1) is 11.4. The van der Waals surface area contributed by atoms with E-state index in [9.17, 15) is 8.42 Å². The van der Waals surface area contributed by atoms with E-state index in [4.69, 9.17) is 22.7 Å². The second kappa shape index (κ2) is 6.18. The average Bonchev–Trinajstić information content (AvgIpc) is 3.32. The van der Waals surface area contributed by atoms with Crippen LogP contribution in [-0.4, -0.2) is 25.8 Å². The highest BCUT2D eigenvalue weighted by atomic mass is 32.2. The van der Waals surface area contributed by atoms with Gasteiger partial charge in [-0.2, -0.15) is 0 Å². The van der Waals surface area contributed by atoms with Gasteiger partial charge in [0.25, 0.3) is 0 Å². The van der Waals surface area contributed by atoms with Gasteiger partial charge in [0, 0.05) is 11.8 Å². The van der Waals surface area contributed by atoms with Crippen LogP contribution in [0.25, 0.3) is 0 Å². The van der Waals surface area contributed by atoms with E-state index in [1.54, 1.807) is 31.4 Å². The fourth-order valence-electron chi connectivity index (χ4n) is 3.12. The van der Waals surface area contributed by atoms with Gasteiger partial charge in [0.05, 0.1) is 22.2 Å². The molecule has 4 nitrogen and oxygen atoms in total. The number of thiocarbonyl (C=S) groups is 1. The van der Waals surface area contributed by atoms with Crippen LogP contribution in [0, 0.1) is 12.8 Å². The molecule has 1 saturated carbocycles. The minimum Gasteiger partial charge on any atom is -0.497 e. The number of rotatable bonds is 5. The third-order valence-corrected chi connectivity index (χ3v) is 7.00. The van der Waals surface area contributed by atoms with Gasteiger partial charge in [-0.3, -0.25) is 0 Å². The lowest BCUT2D eigenvalue weighted by atomic mass is 10.1. The van der Waals surface area contributed by atoms with Crippen LogP contribution < -0.4 is 10.5 Å². The first kappa shape index (κ1) is 16.9. The Hall–Kier alpha value is -1.92. The fourth-order valence-corrected chi connectivity index (χ4v) is 5.65. The van der Waals surface area contributed by atoms with Crippen molar-refractivity contribution in [2.45, 2.75) is 23.0 Å². The van der Waals surface area contributed by atoms with E-state index >= 15 is 0 Å². The number of hydrogen-bond acceptors (Lipinski definition) is 4. The molecule has 1 aliphatic rings. The monoisotopic (exact) mass is 361 g/mol. The molecule has 3 rings (SSSR count). The zero-order valence-corrected chi connectivity index (χ0v) is 15.1. The maximum Gasteiger partial charge on any atom is 0.182 e. The summed E-state index contributed by atoms with van der Waals surface area (Å²) < 4.78 is 31.1. The Balaban J connectivity index is 1.96. The van der Waals surface area contributed by atoms with Gasteiger partial charge in [0.2, 0.25) is 0 Å². The summed E-state index contributed by atoms with van der Waals surface area (Å²) in [6, 6.07) is 14.3. The van der Waals surface area contributed by atoms with E-state index in [1.165, 1.54) is 0 Å². The largest absolute Gasteiger partial charge is 0.497 e. The van der Waals surface area contributed by atoms with E-state index in [-0.39, 0.29) is 16.8 Å². The van der Waals surface area contributed by atoms with Crippen molar-refractivity contribution >= 4 is 27.0 Å². The molecule has 3 atom stereocenters. The second-order valence-electron chi connectivity index (χ2n) is 6.05. The summed E-state index contributed by atoms with van der Waals surface area (Å²) in [5.41, 5.74) is 7.74. The number of hydrogen-bond donors (Lipinski definition) is 1. The van der Waals surface area contributed by atoms with Gasteiger partial charge in [0.1, 0.15) is 5.75 Å². The summed E-state index contributed by atoms with van der Waals surface area (Å²) in [4.78, 5) is 0.562. The molecular formula is C18H19NO3S2. The van der Waals surface area contributed by atoms with Gasteiger partial charge in [-0.15, -0.1) is 0 Å². The van der Waals surface area contributed by atoms with E-state index in [0.717, 1.165) is 16.9 Å². The molecule has 126 valence electrons. The van der Waals surface area contributed by atoms with Gasteiger partial charge >= 0.3 is 0 Å². The van der Waals surface area contributed by atoms with Crippen molar-refractivity contribution in [1.82, 2.24) is 0 Å². The van der Waals surface area contributed by atoms with Gasteiger partial charge < -0.3 is 10.5 Å². The number of methoxy groups -OCH3 is 1. The first-order valence-corrected chi connectivity index (χ1v) is 9.55. The third kappa shape index (κ3) is 2.91. The second-order valence-corrected chi connectivity index (χ2v) is 8.63. The van der Waals surface area contributed by atoms with E-state index in [1.807, 2.05) is 31.2 Å². The molecular weight excluding hydrogens is 342 g/mol. The van der Waals surface area contributed by atoms with Crippen molar-refractivity contribution < 1.29 is 13.2 Å². The first-order valence-electron chi connectivity index (χ1n) is 7.60. The molecule has 6 heteroatoms. The van der Waals surface area contributed by atoms with Crippen molar-refractivity contribution in [3.63, 3.8) is 0 Å². The lowest BCUT2D eigenvalue weighted by Crippen LogP contribution is -2.17. The molecule has 0 spiro atoms. The molecule has 0 heterocycles. The van der Waals surface area contributed by atoms with E-state index in [0.29, 0.717) is 4.90 Å². The van der Waals surface area contributed by atoms with Crippen molar-refractivity contribution in [3.05, 3.63) is 59.7 Å². The predicted molar refractivity (Wildman–Crippen MR) is 98.2 cm³/mol. The van der Waals surface area contributed by atoms with Crippen LogP contribution in [0.15, 0.2) is 53.4 Å². The van der Waals surface area contributed by atoms with Crippen molar-refractivity contribution in [2.24, 2.45) is 11.7 Å². The van der Waals surface area contributed by atoms with Crippen LogP contribution >= 0.6 is 12.2 Å². The topological polar surface area (TPSA) is 69.4 Å². The van der Waals surface area contributed by atoms with Crippen molar-refractivity contribution in [1.29, 1.82) is 0 Å². The Morgan fingerprint density at radius 1 is 1.08 bits per heavy atom. The molecule has 1 fully saturated rings. The van der Waals surface area contributed by atoms with Gasteiger partial charge in [-0.05, 0) is 36.8 Å². The van der Waals surface area contributed by atoms with E-state index in [2.05, 4.69) is 0 Å². The number of sulfone groups is 1. The smallest absolute Gasteiger partial charge is 0.182 e. The summed E-state index contributed by atoms with van der Waals surface area (Å²) in [6.07, 6.45) is 0. The van der Waals surface area contributed by atoms with E-state index < -0.39 is 15.1 Å². The fraction of sp³-hybridized carbons (Fsp3) is 0.278. The summed E-state index contributed by atoms with van der Waals surface area (Å²) in [7, 11) is -1.90. The van der Waals surface area contributed by atoms with Gasteiger partial charge in [-0.1, -0.05) is 42.0 Å². The highest BCUT2D eigenvalue weighted by molar-refractivity contribution is 7.92. The minimum atomic E-state index is -3.49. The normalized spacial score (nSPS) is 22.8. The van der Waals surface area contributed by atoms with Crippen LogP contribution in [0.4, 0.5) is 0 Å². The predicted octanol–water partition coefficient (Wildman–Crippen LogP) is 2.85. The molecule has 0 saturated heterocycles. The SMILES string of the molecule is COc1ccc([C@@H]2[C@H](C(N)=S)[C@@H]2S(=O)(=O)c2ccc(C)cc2)cc1. The molecule has 0 aromatic heterocycles. The molecule has 0 amide bonds. The molecule has 24 heavy (non-hydrogen) atoms. The molecule has 1 aliphatic carbocycles. The Bertz CT molecular complexity index is 858. The molecule has 2 N–H and O–H groups in total. The number of aryl methyl sites for hydroxylation is 1. The van der Waals surface area contributed by atoms with Crippen LogP contribution in [0.3, 0.4) is 0 Å². The van der Waals surface area contributed by atoms with Crippen LogP contribution in [0.2, 0.25) is 0 Å². The molecule has 0 unspecified atom stereocenters. The quantitative estimate of drug-likeness (QED) is 0.830. The molecule has 2 aromatic rings. The average molecular weight is 361 g/mol. The lowest BCUT2D eigenvalue weighted by molar-refractivity contribution is 0.414. The summed E-state index contributed by atoms with van der Waals surface area (Å²) in [5.74, 6) is 0.184. The standard InChI is InChI=1S/C18H19NO3S2/c1-11-3-9-14(10-4-11)24(20,21)17-15(16(17)18(19)23)12-5-7-13(22-2)8-6-12/h3-10,15-17H,1-2H3,(H2,19,23)/t15-,16+,17-/m1/s1. The molecule has 0 radical (unpaired) electrons.